The monoisotopic (exact) mass is 599 g/mol. The number of halogens is 3. The van der Waals surface area contributed by atoms with Gasteiger partial charge in [0.2, 0.25) is 0 Å². The second-order valence-electron chi connectivity index (χ2n) is 11.0. The molecule has 0 radical (unpaired) electrons. The van der Waals surface area contributed by atoms with Gasteiger partial charge in [-0.2, -0.15) is 0 Å². The average Bonchev–Trinajstić information content (AvgIpc) is 3.37. The highest BCUT2D eigenvalue weighted by atomic mass is 35.5. The van der Waals surface area contributed by atoms with E-state index in [1.54, 1.807) is 18.2 Å². The fraction of sp³-hybridized carbons (Fsp3) is 0.394. The maximum atomic E-state index is 13.9. The largest absolute Gasteiger partial charge is 0.390 e. The second-order valence-corrected chi connectivity index (χ2v) is 11.0. The highest BCUT2D eigenvalue weighted by molar-refractivity contribution is 6.00. The van der Waals surface area contributed by atoms with Gasteiger partial charge in [0.25, 0.3) is 11.8 Å². The van der Waals surface area contributed by atoms with Gasteiger partial charge in [0, 0.05) is 42.9 Å². The van der Waals surface area contributed by atoms with E-state index in [1.807, 2.05) is 30.9 Å². The Morgan fingerprint density at radius 1 is 1.00 bits per heavy atom. The van der Waals surface area contributed by atoms with Crippen LogP contribution in [0.3, 0.4) is 0 Å². The zero-order chi connectivity index (χ0) is 29.5. The summed E-state index contributed by atoms with van der Waals surface area (Å²) < 4.78 is 27.9. The first-order valence-electron chi connectivity index (χ1n) is 14.3. The lowest BCUT2D eigenvalue weighted by Crippen LogP contribution is -2.48. The summed E-state index contributed by atoms with van der Waals surface area (Å²) in [6.07, 6.45) is 1.76. The topological polar surface area (TPSA) is 81.7 Å². The van der Waals surface area contributed by atoms with Crippen molar-refractivity contribution in [2.24, 2.45) is 0 Å². The first-order valence-corrected chi connectivity index (χ1v) is 14.3. The maximum Gasteiger partial charge on any atom is 0.254 e. The number of hydrogen-bond donors (Lipinski definition) is 3. The minimum Gasteiger partial charge on any atom is -0.390 e. The molecule has 1 aliphatic rings. The van der Waals surface area contributed by atoms with E-state index in [2.05, 4.69) is 29.7 Å². The average molecular weight is 600 g/mol. The number of nitrogens with one attached hydrogen (secondary N) is 2. The van der Waals surface area contributed by atoms with Crippen molar-refractivity contribution in [3.8, 4) is 0 Å². The van der Waals surface area contributed by atoms with Crippen LogP contribution in [-0.4, -0.2) is 53.1 Å². The molecule has 0 saturated carbocycles. The summed E-state index contributed by atoms with van der Waals surface area (Å²) in [6.45, 7) is 7.26. The summed E-state index contributed by atoms with van der Waals surface area (Å²) >= 11 is 0. The molecular formula is C33H40ClF2N3O3. The van der Waals surface area contributed by atoms with Crippen LogP contribution in [0.15, 0.2) is 60.7 Å². The number of likely N-dealkylation sites (tertiary alicyclic amines) is 1. The van der Waals surface area contributed by atoms with Gasteiger partial charge in [0.05, 0.1) is 12.1 Å². The van der Waals surface area contributed by atoms with Crippen LogP contribution in [0.1, 0.15) is 69.7 Å². The molecule has 3 atom stereocenters. The van der Waals surface area contributed by atoms with Crippen LogP contribution < -0.4 is 10.6 Å². The third-order valence-electron chi connectivity index (χ3n) is 7.64. The number of hydrogen-bond acceptors (Lipinski definition) is 4. The van der Waals surface area contributed by atoms with E-state index >= 15 is 0 Å². The van der Waals surface area contributed by atoms with Gasteiger partial charge >= 0.3 is 0 Å². The van der Waals surface area contributed by atoms with Gasteiger partial charge in [-0.05, 0) is 92.1 Å². The molecule has 3 aromatic rings. The summed E-state index contributed by atoms with van der Waals surface area (Å²) in [5, 5.41) is 17.2. The molecule has 1 heterocycles. The molecule has 1 saturated heterocycles. The van der Waals surface area contributed by atoms with Crippen LogP contribution in [0.25, 0.3) is 0 Å². The van der Waals surface area contributed by atoms with E-state index < -0.39 is 29.7 Å². The molecule has 4 rings (SSSR count). The number of aryl methyl sites for hydroxylation is 2. The molecule has 1 aliphatic heterocycles. The summed E-state index contributed by atoms with van der Waals surface area (Å²) in [6, 6.07) is 15.6. The van der Waals surface area contributed by atoms with Crippen LogP contribution in [-0.2, 0) is 19.4 Å². The second kappa shape index (κ2) is 15.2. The lowest BCUT2D eigenvalue weighted by atomic mass is 9.99. The molecule has 0 aromatic heterocycles. The van der Waals surface area contributed by atoms with Crippen molar-refractivity contribution in [3.05, 3.63) is 106 Å². The van der Waals surface area contributed by atoms with Crippen molar-refractivity contribution in [1.29, 1.82) is 0 Å². The van der Waals surface area contributed by atoms with Crippen molar-refractivity contribution in [2.75, 3.05) is 13.1 Å². The summed E-state index contributed by atoms with van der Waals surface area (Å²) in [5.74, 6) is -2.05. The zero-order valence-corrected chi connectivity index (χ0v) is 25.1. The highest BCUT2D eigenvalue weighted by Gasteiger charge is 2.28. The number of benzene rings is 3. The molecule has 0 spiro atoms. The van der Waals surface area contributed by atoms with E-state index in [1.165, 1.54) is 17.7 Å². The SMILES string of the molecule is CCc1cccc(CNC[C@@H](O)[C@H](Cc2cc(F)cc(F)c2)NC(=O)c2cc(C)cc(C(=O)N3CCCC3C)c2)c1.Cl. The van der Waals surface area contributed by atoms with Gasteiger partial charge in [0.1, 0.15) is 11.6 Å². The Bertz CT molecular complexity index is 1370. The Kier molecular flexibility index (Phi) is 12.0. The van der Waals surface area contributed by atoms with Gasteiger partial charge in [-0.1, -0.05) is 31.2 Å². The molecule has 1 unspecified atom stereocenters. The minimum atomic E-state index is -1.06. The molecule has 0 aliphatic carbocycles. The molecule has 1 fully saturated rings. The molecule has 2 amide bonds. The predicted octanol–water partition coefficient (Wildman–Crippen LogP) is 5.37. The summed E-state index contributed by atoms with van der Waals surface area (Å²) in [4.78, 5) is 28.4. The first kappa shape index (κ1) is 33.2. The number of aliphatic hydroxyl groups excluding tert-OH is 1. The van der Waals surface area contributed by atoms with E-state index in [0.29, 0.717) is 24.2 Å². The highest BCUT2D eigenvalue weighted by Crippen LogP contribution is 2.21. The molecule has 0 bridgehead atoms. The molecule has 3 N–H and O–H groups in total. The summed E-state index contributed by atoms with van der Waals surface area (Å²) in [7, 11) is 0. The molecule has 6 nitrogen and oxygen atoms in total. The maximum absolute atomic E-state index is 13.9. The number of nitrogens with zero attached hydrogens (tertiary/aromatic N) is 1. The van der Waals surface area contributed by atoms with Crippen LogP contribution in [0.2, 0.25) is 0 Å². The third kappa shape index (κ3) is 8.84. The van der Waals surface area contributed by atoms with Gasteiger partial charge in [0.15, 0.2) is 0 Å². The lowest BCUT2D eigenvalue weighted by molar-refractivity contribution is 0.0747. The van der Waals surface area contributed by atoms with Crippen molar-refractivity contribution >= 4 is 24.2 Å². The normalized spacial score (nSPS) is 16.0. The molecular weight excluding hydrogens is 560 g/mol. The standard InChI is InChI=1S/C33H39F2N3O3.ClH/c1-4-23-8-5-9-24(13-23)19-36-20-31(39)30(16-25-14-28(34)18-29(35)15-25)37-32(40)26-11-21(2)12-27(17-26)33(41)38-10-6-7-22(38)3;/h5,8-9,11-15,17-18,22,30-31,36,39H,4,6-7,10,16,19-20H2,1-3H3,(H,37,40);1H/t22?,30-,31+;/m0./s1. The number of carbonyl (C=O) groups is 2. The van der Waals surface area contributed by atoms with Crippen molar-refractivity contribution < 1.29 is 23.5 Å². The Labute approximate surface area is 252 Å². The number of aliphatic hydroxyl groups is 1. The smallest absolute Gasteiger partial charge is 0.254 e. The Hall–Kier alpha value is -3.33. The van der Waals surface area contributed by atoms with Crippen LogP contribution in [0, 0.1) is 18.6 Å². The van der Waals surface area contributed by atoms with Gasteiger partial charge in [-0.15, -0.1) is 12.4 Å². The van der Waals surface area contributed by atoms with Gasteiger partial charge in [-0.25, -0.2) is 8.78 Å². The van der Waals surface area contributed by atoms with Crippen molar-refractivity contribution in [3.63, 3.8) is 0 Å². The molecule has 3 aromatic carbocycles. The van der Waals surface area contributed by atoms with Crippen LogP contribution in [0.4, 0.5) is 8.78 Å². The fourth-order valence-corrected chi connectivity index (χ4v) is 5.42. The van der Waals surface area contributed by atoms with Crippen molar-refractivity contribution in [1.82, 2.24) is 15.5 Å². The molecule has 42 heavy (non-hydrogen) atoms. The van der Waals surface area contributed by atoms with E-state index in [4.69, 9.17) is 0 Å². The predicted molar refractivity (Wildman–Crippen MR) is 163 cm³/mol. The molecule has 226 valence electrons. The van der Waals surface area contributed by atoms with Crippen LogP contribution >= 0.6 is 12.4 Å². The van der Waals surface area contributed by atoms with E-state index in [9.17, 15) is 23.5 Å². The summed E-state index contributed by atoms with van der Waals surface area (Å²) in [5.41, 5.74) is 4.06. The van der Waals surface area contributed by atoms with Crippen molar-refractivity contribution in [2.45, 2.75) is 71.2 Å². The molecule has 9 heteroatoms. The minimum absolute atomic E-state index is 0. The lowest BCUT2D eigenvalue weighted by Gasteiger charge is -2.25. The quantitative estimate of drug-likeness (QED) is 0.277. The van der Waals surface area contributed by atoms with E-state index in [0.717, 1.165) is 36.5 Å². The van der Waals surface area contributed by atoms with Crippen LogP contribution in [0.5, 0.6) is 0 Å². The van der Waals surface area contributed by atoms with E-state index in [-0.39, 0.29) is 42.9 Å². The fourth-order valence-electron chi connectivity index (χ4n) is 5.42. The number of rotatable bonds is 11. The van der Waals surface area contributed by atoms with Gasteiger partial charge < -0.3 is 20.6 Å². The number of carbonyl (C=O) groups excluding carboxylic acids is 2. The number of amides is 2. The Morgan fingerprint density at radius 2 is 1.69 bits per heavy atom. The van der Waals surface area contributed by atoms with Gasteiger partial charge in [-0.3, -0.25) is 9.59 Å². The third-order valence-corrected chi connectivity index (χ3v) is 7.64. The Morgan fingerprint density at radius 3 is 2.36 bits per heavy atom. The first-order chi connectivity index (χ1) is 19.6. The zero-order valence-electron chi connectivity index (χ0n) is 24.3. The Balaban J connectivity index is 0.00000484.